The molecule has 0 aliphatic rings. The molecule has 0 saturated carbocycles. The van der Waals surface area contributed by atoms with Crippen molar-refractivity contribution < 1.29 is 9.13 Å². The van der Waals surface area contributed by atoms with Gasteiger partial charge >= 0.3 is 0 Å². The monoisotopic (exact) mass is 313 g/mol. The maximum atomic E-state index is 13.6. The lowest BCUT2D eigenvalue weighted by Crippen LogP contribution is -2.18. The van der Waals surface area contributed by atoms with Crippen molar-refractivity contribution in [2.45, 2.75) is 6.04 Å². The van der Waals surface area contributed by atoms with E-state index < -0.39 is 5.82 Å². The van der Waals surface area contributed by atoms with E-state index in [9.17, 15) is 4.39 Å². The van der Waals surface area contributed by atoms with Crippen LogP contribution in [0.25, 0.3) is 0 Å². The van der Waals surface area contributed by atoms with E-state index in [0.717, 1.165) is 5.56 Å². The van der Waals surface area contributed by atoms with Crippen LogP contribution >= 0.6 is 23.2 Å². The molecule has 0 aliphatic heterocycles. The summed E-state index contributed by atoms with van der Waals surface area (Å²) in [4.78, 5) is 0. The Morgan fingerprint density at radius 2 is 1.95 bits per heavy atom. The van der Waals surface area contributed by atoms with Crippen LogP contribution in [0.2, 0.25) is 10.0 Å². The van der Waals surface area contributed by atoms with Crippen molar-refractivity contribution in [1.82, 2.24) is 5.32 Å². The number of benzene rings is 2. The molecule has 1 atom stereocenters. The lowest BCUT2D eigenvalue weighted by Gasteiger charge is -2.19. The predicted molar refractivity (Wildman–Crippen MR) is 80.3 cm³/mol. The van der Waals surface area contributed by atoms with Crippen molar-refractivity contribution in [3.63, 3.8) is 0 Å². The molecule has 0 heterocycles. The number of rotatable bonds is 4. The van der Waals surface area contributed by atoms with E-state index in [0.29, 0.717) is 16.3 Å². The molecule has 0 amide bonds. The summed E-state index contributed by atoms with van der Waals surface area (Å²) >= 11 is 12.1. The first-order chi connectivity index (χ1) is 9.58. The van der Waals surface area contributed by atoms with Crippen molar-refractivity contribution >= 4 is 23.2 Å². The normalized spacial score (nSPS) is 12.2. The second-order valence-corrected chi connectivity index (χ2v) is 5.04. The predicted octanol–water partition coefficient (Wildman–Crippen LogP) is 4.45. The maximum absolute atomic E-state index is 13.6. The minimum Gasteiger partial charge on any atom is -0.495 e. The molecule has 2 rings (SSSR count). The molecule has 1 N–H and O–H groups in total. The van der Waals surface area contributed by atoms with Gasteiger partial charge in [-0.25, -0.2) is 4.39 Å². The van der Waals surface area contributed by atoms with Gasteiger partial charge in [-0.2, -0.15) is 0 Å². The largest absolute Gasteiger partial charge is 0.495 e. The summed E-state index contributed by atoms with van der Waals surface area (Å²) in [6.07, 6.45) is 0. The number of hydrogen-bond donors (Lipinski definition) is 1. The summed E-state index contributed by atoms with van der Waals surface area (Å²) in [6, 6.07) is 9.91. The standard InChI is InChI=1S/C15H14Cl2FNO/c1-19-15(10-4-3-5-12(18)14(10)17)9-6-7-11(16)13(8-9)20-2/h3-8,15,19H,1-2H3. The highest BCUT2D eigenvalue weighted by molar-refractivity contribution is 6.32. The van der Waals surface area contributed by atoms with Gasteiger partial charge in [0.1, 0.15) is 11.6 Å². The Morgan fingerprint density at radius 3 is 2.60 bits per heavy atom. The van der Waals surface area contributed by atoms with Gasteiger partial charge in [-0.05, 0) is 36.4 Å². The van der Waals surface area contributed by atoms with Crippen molar-refractivity contribution in [3.05, 3.63) is 63.4 Å². The van der Waals surface area contributed by atoms with Crippen molar-refractivity contribution in [3.8, 4) is 5.75 Å². The number of hydrogen-bond acceptors (Lipinski definition) is 2. The molecule has 0 spiro atoms. The number of ether oxygens (including phenoxy) is 1. The summed E-state index contributed by atoms with van der Waals surface area (Å²) in [5, 5.41) is 3.76. The Morgan fingerprint density at radius 1 is 1.20 bits per heavy atom. The first kappa shape index (κ1) is 15.1. The molecule has 0 radical (unpaired) electrons. The van der Waals surface area contributed by atoms with Crippen LogP contribution < -0.4 is 10.1 Å². The number of nitrogens with one attached hydrogen (secondary N) is 1. The highest BCUT2D eigenvalue weighted by atomic mass is 35.5. The lowest BCUT2D eigenvalue weighted by atomic mass is 9.98. The Hall–Kier alpha value is -1.29. The zero-order valence-electron chi connectivity index (χ0n) is 11.1. The van der Waals surface area contributed by atoms with E-state index in [1.165, 1.54) is 6.07 Å². The highest BCUT2D eigenvalue weighted by Crippen LogP contribution is 2.33. The van der Waals surface area contributed by atoms with Gasteiger partial charge in [0, 0.05) is 0 Å². The average Bonchev–Trinajstić information content (AvgIpc) is 2.45. The van der Waals surface area contributed by atoms with E-state index in [1.54, 1.807) is 32.4 Å². The van der Waals surface area contributed by atoms with Crippen LogP contribution in [0, 0.1) is 5.82 Å². The molecule has 0 fully saturated rings. The molecule has 0 aromatic heterocycles. The van der Waals surface area contributed by atoms with E-state index >= 15 is 0 Å². The van der Waals surface area contributed by atoms with Crippen molar-refractivity contribution in [2.24, 2.45) is 0 Å². The zero-order valence-corrected chi connectivity index (χ0v) is 12.6. The Labute approximate surface area is 127 Å². The third-order valence-corrected chi connectivity index (χ3v) is 3.80. The molecule has 20 heavy (non-hydrogen) atoms. The fourth-order valence-electron chi connectivity index (χ4n) is 2.10. The minimum atomic E-state index is -0.439. The summed E-state index contributed by atoms with van der Waals surface area (Å²) in [6.45, 7) is 0. The third-order valence-electron chi connectivity index (χ3n) is 3.09. The molecule has 2 aromatic rings. The van der Waals surface area contributed by atoms with Crippen LogP contribution in [0.3, 0.4) is 0 Å². The molecular formula is C15H14Cl2FNO. The van der Waals surface area contributed by atoms with Crippen LogP contribution in [0.15, 0.2) is 36.4 Å². The molecule has 2 aromatic carbocycles. The van der Waals surface area contributed by atoms with Gasteiger partial charge in [0.2, 0.25) is 0 Å². The Balaban J connectivity index is 2.49. The summed E-state index contributed by atoms with van der Waals surface area (Å²) < 4.78 is 18.8. The zero-order chi connectivity index (χ0) is 14.7. The van der Waals surface area contributed by atoms with E-state index in [-0.39, 0.29) is 11.1 Å². The molecule has 0 bridgehead atoms. The fourth-order valence-corrected chi connectivity index (χ4v) is 2.53. The summed E-state index contributed by atoms with van der Waals surface area (Å²) in [7, 11) is 3.33. The van der Waals surface area contributed by atoms with Crippen molar-refractivity contribution in [2.75, 3.05) is 14.2 Å². The van der Waals surface area contributed by atoms with E-state index in [4.69, 9.17) is 27.9 Å². The highest BCUT2D eigenvalue weighted by Gasteiger charge is 2.18. The number of halogens is 3. The quantitative estimate of drug-likeness (QED) is 0.900. The van der Waals surface area contributed by atoms with E-state index in [2.05, 4.69) is 5.32 Å². The minimum absolute atomic E-state index is 0.112. The topological polar surface area (TPSA) is 21.3 Å². The van der Waals surface area contributed by atoms with Crippen LogP contribution in [-0.4, -0.2) is 14.2 Å². The second kappa shape index (κ2) is 6.44. The van der Waals surface area contributed by atoms with Gasteiger partial charge in [0.05, 0.1) is 23.2 Å². The van der Waals surface area contributed by atoms with Gasteiger partial charge in [0.15, 0.2) is 0 Å². The first-order valence-electron chi connectivity index (χ1n) is 6.03. The smallest absolute Gasteiger partial charge is 0.142 e. The van der Waals surface area contributed by atoms with Gasteiger partial charge in [-0.1, -0.05) is 41.4 Å². The van der Waals surface area contributed by atoms with Crippen LogP contribution in [0.5, 0.6) is 5.75 Å². The van der Waals surface area contributed by atoms with Crippen LogP contribution in [-0.2, 0) is 0 Å². The van der Waals surface area contributed by atoms with Crippen LogP contribution in [0.4, 0.5) is 4.39 Å². The maximum Gasteiger partial charge on any atom is 0.142 e. The molecule has 5 heteroatoms. The average molecular weight is 314 g/mol. The molecule has 1 unspecified atom stereocenters. The lowest BCUT2D eigenvalue weighted by molar-refractivity contribution is 0.414. The van der Waals surface area contributed by atoms with Crippen LogP contribution in [0.1, 0.15) is 17.2 Å². The fraction of sp³-hybridized carbons (Fsp3) is 0.200. The number of methoxy groups -OCH3 is 1. The van der Waals surface area contributed by atoms with Crippen molar-refractivity contribution in [1.29, 1.82) is 0 Å². The molecule has 0 saturated heterocycles. The first-order valence-corrected chi connectivity index (χ1v) is 6.78. The Bertz CT molecular complexity index is 619. The molecule has 2 nitrogen and oxygen atoms in total. The molecule has 0 aliphatic carbocycles. The van der Waals surface area contributed by atoms with E-state index in [1.807, 2.05) is 12.1 Å². The van der Waals surface area contributed by atoms with Gasteiger partial charge in [-0.15, -0.1) is 0 Å². The van der Waals surface area contributed by atoms with Gasteiger partial charge in [0.25, 0.3) is 0 Å². The molecule has 106 valence electrons. The SMILES string of the molecule is CNC(c1ccc(Cl)c(OC)c1)c1cccc(F)c1Cl. The van der Waals surface area contributed by atoms with Gasteiger partial charge in [-0.3, -0.25) is 0 Å². The van der Waals surface area contributed by atoms with Gasteiger partial charge < -0.3 is 10.1 Å². The Kier molecular flexibility index (Phi) is 4.86. The summed E-state index contributed by atoms with van der Waals surface area (Å²) in [5.41, 5.74) is 1.56. The third kappa shape index (κ3) is 2.90. The molecular weight excluding hydrogens is 300 g/mol. The summed E-state index contributed by atoms with van der Waals surface area (Å²) in [5.74, 6) is 0.127. The second-order valence-electron chi connectivity index (χ2n) is 4.26.